The molecule has 230 valence electrons. The third-order valence-electron chi connectivity index (χ3n) is 5.82. The van der Waals surface area contributed by atoms with Gasteiger partial charge in [-0.05, 0) is 95.8 Å². The van der Waals surface area contributed by atoms with Crippen LogP contribution in [0, 0.1) is 0 Å². The summed E-state index contributed by atoms with van der Waals surface area (Å²) < 4.78 is 0. The van der Waals surface area contributed by atoms with Crippen LogP contribution in [0.1, 0.15) is 96.4 Å². The second-order valence-electron chi connectivity index (χ2n) is 13.7. The Morgan fingerprint density at radius 2 is 0.650 bits per heavy atom. The van der Waals surface area contributed by atoms with Crippen molar-refractivity contribution in [3.8, 4) is 0 Å². The number of thiol groups is 1. The molecule has 13 heteroatoms. The minimum absolute atomic E-state index is 0.128. The van der Waals surface area contributed by atoms with Gasteiger partial charge in [-0.15, -0.1) is 0 Å². The van der Waals surface area contributed by atoms with Gasteiger partial charge >= 0.3 is 0 Å². The first-order chi connectivity index (χ1) is 17.6. The highest BCUT2D eigenvalue weighted by atomic mass is 32.1. The average Bonchev–Trinajstić information content (AvgIpc) is 2.70. The van der Waals surface area contributed by atoms with E-state index in [0.29, 0.717) is 5.75 Å². The van der Waals surface area contributed by atoms with Crippen LogP contribution in [-0.4, -0.2) is 74.4 Å². The van der Waals surface area contributed by atoms with Crippen molar-refractivity contribution >= 4 is 48.1 Å². The van der Waals surface area contributed by atoms with Crippen LogP contribution in [0.2, 0.25) is 0 Å². The van der Waals surface area contributed by atoms with E-state index in [2.05, 4.69) is 44.5 Å². The van der Waals surface area contributed by atoms with Gasteiger partial charge in [-0.3, -0.25) is 28.8 Å². The number of rotatable bonds is 12. The average molecular weight is 587 g/mol. The van der Waals surface area contributed by atoms with Crippen molar-refractivity contribution in [1.82, 2.24) is 31.9 Å². The Kier molecular flexibility index (Phi) is 11.9. The van der Waals surface area contributed by atoms with Crippen molar-refractivity contribution in [3.63, 3.8) is 0 Å². The van der Waals surface area contributed by atoms with Crippen LogP contribution in [0.4, 0.5) is 0 Å². The number of hydrogen-bond donors (Lipinski definition) is 7. The quantitative estimate of drug-likeness (QED) is 0.166. The van der Waals surface area contributed by atoms with Gasteiger partial charge in [-0.1, -0.05) is 0 Å². The highest BCUT2D eigenvalue weighted by Gasteiger charge is 2.43. The van der Waals surface area contributed by atoms with E-state index in [9.17, 15) is 28.8 Å². The number of nitrogens with one attached hydrogen (secondary N) is 6. The summed E-state index contributed by atoms with van der Waals surface area (Å²) in [5.41, 5.74) is -7.48. The second-order valence-corrected chi connectivity index (χ2v) is 14.1. The second kappa shape index (κ2) is 12.8. The monoisotopic (exact) mass is 586 g/mol. The summed E-state index contributed by atoms with van der Waals surface area (Å²) in [6.07, 6.45) is 0.128. The zero-order chi connectivity index (χ0) is 32.1. The minimum atomic E-state index is -1.49. The maximum atomic E-state index is 13.2. The standard InChI is InChI=1S/C27H50N6O6S/c1-22(2,3)29-17(35)24(6,7)31-19(37)26(10,11)33-21(39)27(12,13)32-20(38)25(8,9)30-18(36)23(4,5)28-16(34)14-15-40/h40H,14-15H2,1-13H3,(H,28,34)(H,29,35)(H,30,36)(H,31,37)(H,32,38)(H,33,39). The molecular weight excluding hydrogens is 536 g/mol. The van der Waals surface area contributed by atoms with Crippen LogP contribution >= 0.6 is 12.6 Å². The summed E-state index contributed by atoms with van der Waals surface area (Å²) in [7, 11) is 0. The molecule has 0 saturated heterocycles. The molecule has 6 amide bonds. The Balaban J connectivity index is 5.45. The summed E-state index contributed by atoms with van der Waals surface area (Å²) in [6, 6.07) is 0. The molecule has 0 heterocycles. The van der Waals surface area contributed by atoms with Gasteiger partial charge in [-0.2, -0.15) is 12.6 Å². The fourth-order valence-corrected chi connectivity index (χ4v) is 3.26. The normalized spacial score (nSPS) is 13.1. The van der Waals surface area contributed by atoms with E-state index < -0.39 is 62.8 Å². The van der Waals surface area contributed by atoms with Gasteiger partial charge in [-0.25, -0.2) is 0 Å². The van der Waals surface area contributed by atoms with Gasteiger partial charge in [0.05, 0.1) is 0 Å². The maximum Gasteiger partial charge on any atom is 0.246 e. The molecule has 0 aliphatic rings. The molecule has 0 aromatic heterocycles. The lowest BCUT2D eigenvalue weighted by Crippen LogP contribution is -2.68. The first-order valence-corrected chi connectivity index (χ1v) is 13.8. The van der Waals surface area contributed by atoms with Crippen molar-refractivity contribution in [2.45, 2.75) is 130 Å². The first-order valence-electron chi connectivity index (χ1n) is 13.1. The SMILES string of the molecule is CC(C)(C)NC(=O)C(C)(C)NC(=O)C(C)(C)NC(=O)C(C)(C)NC(=O)C(C)(C)NC(=O)C(C)(C)NC(=O)CCS. The Morgan fingerprint density at radius 1 is 0.425 bits per heavy atom. The Morgan fingerprint density at radius 3 is 0.875 bits per heavy atom. The molecule has 0 atom stereocenters. The smallest absolute Gasteiger partial charge is 0.246 e. The van der Waals surface area contributed by atoms with Crippen LogP contribution in [0.3, 0.4) is 0 Å². The molecule has 0 aromatic carbocycles. The molecule has 0 aliphatic heterocycles. The highest BCUT2D eigenvalue weighted by Crippen LogP contribution is 2.15. The van der Waals surface area contributed by atoms with Crippen LogP contribution in [0.15, 0.2) is 0 Å². The lowest BCUT2D eigenvalue weighted by molar-refractivity contribution is -0.141. The Labute approximate surface area is 244 Å². The van der Waals surface area contributed by atoms with E-state index in [1.807, 2.05) is 20.8 Å². The van der Waals surface area contributed by atoms with Crippen molar-refractivity contribution in [2.75, 3.05) is 5.75 Å². The van der Waals surface area contributed by atoms with Crippen molar-refractivity contribution in [2.24, 2.45) is 0 Å². The van der Waals surface area contributed by atoms with E-state index in [0.717, 1.165) is 0 Å². The van der Waals surface area contributed by atoms with E-state index in [-0.39, 0.29) is 12.3 Å². The third kappa shape index (κ3) is 11.3. The molecule has 0 unspecified atom stereocenters. The van der Waals surface area contributed by atoms with Gasteiger partial charge in [0.2, 0.25) is 35.4 Å². The van der Waals surface area contributed by atoms with Gasteiger partial charge < -0.3 is 31.9 Å². The largest absolute Gasteiger partial charge is 0.349 e. The lowest BCUT2D eigenvalue weighted by atomic mass is 9.94. The van der Waals surface area contributed by atoms with E-state index in [4.69, 9.17) is 0 Å². The number of carbonyl (C=O) groups excluding carboxylic acids is 6. The van der Waals surface area contributed by atoms with Crippen molar-refractivity contribution in [1.29, 1.82) is 0 Å². The minimum Gasteiger partial charge on any atom is -0.349 e. The number of amides is 6. The molecule has 40 heavy (non-hydrogen) atoms. The molecule has 0 rings (SSSR count). The fraction of sp³-hybridized carbons (Fsp3) is 0.778. The molecule has 0 spiro atoms. The fourth-order valence-electron chi connectivity index (χ4n) is 3.05. The van der Waals surface area contributed by atoms with Crippen molar-refractivity contribution < 1.29 is 28.8 Å². The van der Waals surface area contributed by atoms with Gasteiger partial charge in [0.25, 0.3) is 0 Å². The summed E-state index contributed by atoms with van der Waals surface area (Å²) >= 11 is 4.00. The van der Waals surface area contributed by atoms with Gasteiger partial charge in [0.15, 0.2) is 0 Å². The van der Waals surface area contributed by atoms with E-state index in [1.165, 1.54) is 55.4 Å². The van der Waals surface area contributed by atoms with Crippen LogP contribution in [0.25, 0.3) is 0 Å². The molecule has 0 aromatic rings. The number of hydrogen-bond acceptors (Lipinski definition) is 7. The van der Waals surface area contributed by atoms with Crippen molar-refractivity contribution in [3.05, 3.63) is 0 Å². The molecule has 0 radical (unpaired) electrons. The molecule has 6 N–H and O–H groups in total. The zero-order valence-electron chi connectivity index (χ0n) is 26.3. The molecule has 12 nitrogen and oxygen atoms in total. The molecule has 0 aliphatic carbocycles. The van der Waals surface area contributed by atoms with Gasteiger partial charge in [0, 0.05) is 12.0 Å². The van der Waals surface area contributed by atoms with Crippen LogP contribution < -0.4 is 31.9 Å². The third-order valence-corrected chi connectivity index (χ3v) is 6.05. The number of carbonyl (C=O) groups is 6. The molecule has 0 fully saturated rings. The van der Waals surface area contributed by atoms with E-state index in [1.54, 1.807) is 13.8 Å². The van der Waals surface area contributed by atoms with Crippen LogP contribution in [-0.2, 0) is 28.8 Å². The maximum absolute atomic E-state index is 13.2. The summed E-state index contributed by atoms with van der Waals surface area (Å²) in [4.78, 5) is 76.8. The Bertz CT molecular complexity index is 1010. The predicted molar refractivity (Wildman–Crippen MR) is 157 cm³/mol. The summed E-state index contributed by atoms with van der Waals surface area (Å²) in [5, 5.41) is 15.9. The predicted octanol–water partition coefficient (Wildman–Crippen LogP) is 0.695. The topological polar surface area (TPSA) is 175 Å². The summed E-state index contributed by atoms with van der Waals surface area (Å²) in [6.45, 7) is 20.4. The molecule has 0 saturated carbocycles. The van der Waals surface area contributed by atoms with Crippen LogP contribution in [0.5, 0.6) is 0 Å². The highest BCUT2D eigenvalue weighted by molar-refractivity contribution is 7.80. The molecular formula is C27H50N6O6S. The summed E-state index contributed by atoms with van der Waals surface area (Å²) in [5.74, 6) is -2.97. The Hall–Kier alpha value is -2.83. The van der Waals surface area contributed by atoms with E-state index >= 15 is 0 Å². The first kappa shape index (κ1) is 37.2. The lowest BCUT2D eigenvalue weighted by Gasteiger charge is -2.37. The zero-order valence-corrected chi connectivity index (χ0v) is 27.2. The molecule has 0 bridgehead atoms. The van der Waals surface area contributed by atoms with Gasteiger partial charge in [0.1, 0.15) is 27.7 Å².